The minimum atomic E-state index is -0.537. The Morgan fingerprint density at radius 3 is 2.95 bits per heavy atom. The lowest BCUT2D eigenvalue weighted by Gasteiger charge is -2.44. The summed E-state index contributed by atoms with van der Waals surface area (Å²) in [5.74, 6) is 1.32. The highest BCUT2D eigenvalue weighted by Crippen LogP contribution is 2.42. The monoisotopic (exact) mass is 339 g/mol. The lowest BCUT2D eigenvalue weighted by atomic mass is 9.72. The van der Waals surface area contributed by atoms with E-state index < -0.39 is 5.60 Å². The third-order valence-corrected chi connectivity index (χ3v) is 5.49. The van der Waals surface area contributed by atoms with Crippen molar-refractivity contribution in [1.29, 1.82) is 0 Å². The number of nitrogens with zero attached hydrogens (tertiary/aromatic N) is 3. The summed E-state index contributed by atoms with van der Waals surface area (Å²) >= 11 is 3.56. The molecule has 1 N–H and O–H groups in total. The quantitative estimate of drug-likeness (QED) is 0.899. The van der Waals surface area contributed by atoms with Crippen molar-refractivity contribution in [3.8, 4) is 0 Å². The Kier molecular flexibility index (Phi) is 4.00. The second-order valence-electron chi connectivity index (χ2n) is 6.31. The van der Waals surface area contributed by atoms with Crippen molar-refractivity contribution in [1.82, 2.24) is 9.97 Å². The smallest absolute Gasteiger partial charge is 0.146 e. The second kappa shape index (κ2) is 5.60. The lowest BCUT2D eigenvalue weighted by molar-refractivity contribution is -0.0411. The Bertz CT molecular complexity index is 480. The van der Waals surface area contributed by atoms with Crippen molar-refractivity contribution in [3.63, 3.8) is 0 Å². The lowest BCUT2D eigenvalue weighted by Crippen LogP contribution is -2.49. The van der Waals surface area contributed by atoms with Gasteiger partial charge in [0.05, 0.1) is 10.1 Å². The Labute approximate surface area is 128 Å². The molecule has 20 heavy (non-hydrogen) atoms. The minimum Gasteiger partial charge on any atom is -0.390 e. The summed E-state index contributed by atoms with van der Waals surface area (Å²) in [6.45, 7) is 3.04. The molecule has 2 aliphatic rings. The Balaban J connectivity index is 1.87. The van der Waals surface area contributed by atoms with Crippen LogP contribution < -0.4 is 4.90 Å². The van der Waals surface area contributed by atoms with Crippen LogP contribution >= 0.6 is 15.9 Å². The molecule has 110 valence electrons. The molecule has 0 unspecified atom stereocenters. The molecule has 0 aromatic carbocycles. The number of rotatable bonds is 2. The van der Waals surface area contributed by atoms with Crippen LogP contribution in [-0.4, -0.2) is 33.3 Å². The number of hydrogen-bond acceptors (Lipinski definition) is 4. The number of halogens is 1. The second-order valence-corrected chi connectivity index (χ2v) is 7.16. The predicted octanol–water partition coefficient (Wildman–Crippen LogP) is 3.15. The van der Waals surface area contributed by atoms with Crippen LogP contribution in [0.5, 0.6) is 0 Å². The van der Waals surface area contributed by atoms with Crippen LogP contribution in [0, 0.1) is 5.92 Å². The van der Waals surface area contributed by atoms with Crippen molar-refractivity contribution >= 4 is 21.7 Å². The first-order valence-corrected chi connectivity index (χ1v) is 8.33. The summed E-state index contributed by atoms with van der Waals surface area (Å²) in [5.41, 5.74) is -0.537. The van der Waals surface area contributed by atoms with Crippen molar-refractivity contribution in [3.05, 3.63) is 17.0 Å². The minimum absolute atomic E-state index is 0.348. The zero-order valence-corrected chi connectivity index (χ0v) is 13.5. The first-order chi connectivity index (χ1) is 9.59. The van der Waals surface area contributed by atoms with Gasteiger partial charge in [-0.25, -0.2) is 9.97 Å². The van der Waals surface area contributed by atoms with Crippen molar-refractivity contribution in [2.45, 2.75) is 57.1 Å². The van der Waals surface area contributed by atoms with Crippen LogP contribution in [0.2, 0.25) is 0 Å². The fourth-order valence-electron chi connectivity index (χ4n) is 3.94. The average molecular weight is 340 g/mol. The van der Waals surface area contributed by atoms with Crippen LogP contribution in [-0.2, 0) is 0 Å². The van der Waals surface area contributed by atoms with E-state index in [-0.39, 0.29) is 0 Å². The normalized spacial score (nSPS) is 34.5. The SMILES string of the molecule is C[C@]1(O)CCCC[C@H]1[C@H]1CCCN1c1ncncc1Br. The first kappa shape index (κ1) is 14.3. The largest absolute Gasteiger partial charge is 0.390 e. The van der Waals surface area contributed by atoms with E-state index in [1.54, 1.807) is 12.5 Å². The summed E-state index contributed by atoms with van der Waals surface area (Å²) in [5, 5.41) is 10.8. The van der Waals surface area contributed by atoms with Gasteiger partial charge >= 0.3 is 0 Å². The molecule has 0 bridgehead atoms. The van der Waals surface area contributed by atoms with Crippen molar-refractivity contribution < 1.29 is 5.11 Å². The van der Waals surface area contributed by atoms with Crippen LogP contribution in [0.4, 0.5) is 5.82 Å². The molecule has 1 aliphatic carbocycles. The fourth-order valence-corrected chi connectivity index (χ4v) is 4.39. The molecule has 2 heterocycles. The van der Waals surface area contributed by atoms with E-state index in [1.165, 1.54) is 12.8 Å². The van der Waals surface area contributed by atoms with Crippen LogP contribution in [0.15, 0.2) is 17.0 Å². The van der Waals surface area contributed by atoms with Gasteiger partial charge in [0.25, 0.3) is 0 Å². The number of hydrogen-bond donors (Lipinski definition) is 1. The van der Waals surface area contributed by atoms with Crippen molar-refractivity contribution in [2.24, 2.45) is 5.92 Å². The van der Waals surface area contributed by atoms with Gasteiger partial charge in [-0.05, 0) is 48.5 Å². The molecule has 1 saturated heterocycles. The predicted molar refractivity (Wildman–Crippen MR) is 82.7 cm³/mol. The molecule has 4 nitrogen and oxygen atoms in total. The molecule has 1 aromatic heterocycles. The van der Waals surface area contributed by atoms with E-state index >= 15 is 0 Å². The molecule has 1 saturated carbocycles. The van der Waals surface area contributed by atoms with Gasteiger partial charge in [-0.15, -0.1) is 0 Å². The molecule has 1 aliphatic heterocycles. The average Bonchev–Trinajstić information content (AvgIpc) is 2.87. The maximum Gasteiger partial charge on any atom is 0.146 e. The van der Waals surface area contributed by atoms with E-state index in [1.807, 2.05) is 6.92 Å². The van der Waals surface area contributed by atoms with E-state index in [2.05, 4.69) is 30.8 Å². The molecule has 1 aromatic rings. The molecular weight excluding hydrogens is 318 g/mol. The van der Waals surface area contributed by atoms with Gasteiger partial charge in [-0.3, -0.25) is 0 Å². The maximum absolute atomic E-state index is 10.8. The summed E-state index contributed by atoms with van der Waals surface area (Å²) in [6.07, 6.45) is 10.2. The maximum atomic E-state index is 10.8. The standard InChI is InChI=1S/C15H22BrN3O/c1-15(20)7-3-2-5-11(15)13-6-4-8-19(13)14-12(16)9-17-10-18-14/h9-11,13,20H,2-8H2,1H3/t11-,13+,15-/m0/s1. The summed E-state index contributed by atoms with van der Waals surface area (Å²) in [6, 6.07) is 0.400. The zero-order chi connectivity index (χ0) is 14.2. The topological polar surface area (TPSA) is 49.2 Å². The van der Waals surface area contributed by atoms with Crippen LogP contribution in [0.1, 0.15) is 45.4 Å². The summed E-state index contributed by atoms with van der Waals surface area (Å²) in [7, 11) is 0. The summed E-state index contributed by atoms with van der Waals surface area (Å²) < 4.78 is 0.947. The van der Waals surface area contributed by atoms with Crippen LogP contribution in [0.25, 0.3) is 0 Å². The van der Waals surface area contributed by atoms with E-state index in [0.29, 0.717) is 12.0 Å². The number of anilines is 1. The van der Waals surface area contributed by atoms with Gasteiger partial charge in [0.2, 0.25) is 0 Å². The Morgan fingerprint density at radius 2 is 2.20 bits per heavy atom. The Morgan fingerprint density at radius 1 is 1.35 bits per heavy atom. The highest BCUT2D eigenvalue weighted by atomic mass is 79.9. The highest BCUT2D eigenvalue weighted by Gasteiger charge is 2.43. The molecule has 5 heteroatoms. The van der Waals surface area contributed by atoms with Gasteiger partial charge in [0, 0.05) is 24.7 Å². The molecule has 0 amide bonds. The number of aliphatic hydroxyl groups is 1. The van der Waals surface area contributed by atoms with E-state index in [9.17, 15) is 5.11 Å². The van der Waals surface area contributed by atoms with Gasteiger partial charge in [-0.2, -0.15) is 0 Å². The van der Waals surface area contributed by atoms with Gasteiger partial charge in [-0.1, -0.05) is 12.8 Å². The van der Waals surface area contributed by atoms with E-state index in [0.717, 1.165) is 42.5 Å². The molecule has 0 spiro atoms. The number of aromatic nitrogens is 2. The van der Waals surface area contributed by atoms with E-state index in [4.69, 9.17) is 0 Å². The molecule has 2 fully saturated rings. The summed E-state index contributed by atoms with van der Waals surface area (Å²) in [4.78, 5) is 10.9. The van der Waals surface area contributed by atoms with Crippen molar-refractivity contribution in [2.75, 3.05) is 11.4 Å². The third-order valence-electron chi connectivity index (χ3n) is 4.93. The zero-order valence-electron chi connectivity index (χ0n) is 11.9. The van der Waals surface area contributed by atoms with Gasteiger partial charge in [0.15, 0.2) is 0 Å². The fraction of sp³-hybridized carbons (Fsp3) is 0.733. The molecule has 3 atom stereocenters. The third kappa shape index (κ3) is 2.58. The molecule has 0 radical (unpaired) electrons. The molecule has 3 rings (SSSR count). The van der Waals surface area contributed by atoms with Gasteiger partial charge in [0.1, 0.15) is 12.1 Å². The first-order valence-electron chi connectivity index (χ1n) is 7.54. The van der Waals surface area contributed by atoms with Crippen LogP contribution in [0.3, 0.4) is 0 Å². The molecular formula is C15H22BrN3O. The Hall–Kier alpha value is -0.680. The highest BCUT2D eigenvalue weighted by molar-refractivity contribution is 9.10. The van der Waals surface area contributed by atoms with Gasteiger partial charge < -0.3 is 10.0 Å².